The summed E-state index contributed by atoms with van der Waals surface area (Å²) >= 11 is 0. The Hall–Kier alpha value is -3.38. The fourth-order valence-electron chi connectivity index (χ4n) is 3.36. The largest absolute Gasteiger partial charge is 0.445 e. The summed E-state index contributed by atoms with van der Waals surface area (Å²) in [5.41, 5.74) is 6.20. The van der Waals surface area contributed by atoms with Gasteiger partial charge in [0.25, 0.3) is 0 Å². The number of hydrogen-bond acceptors (Lipinski definition) is 7. The molecule has 0 aliphatic carbocycles. The topological polar surface area (TPSA) is 190 Å². The molecule has 33 heavy (non-hydrogen) atoms. The van der Waals surface area contributed by atoms with E-state index in [0.717, 1.165) is 5.56 Å². The zero-order valence-corrected chi connectivity index (χ0v) is 18.7. The Morgan fingerprint density at radius 2 is 1.88 bits per heavy atom. The normalized spacial score (nSPS) is 20.7. The Morgan fingerprint density at radius 1 is 1.21 bits per heavy atom. The molecule has 1 aromatic rings. The Morgan fingerprint density at radius 3 is 2.48 bits per heavy atom. The van der Waals surface area contributed by atoms with E-state index < -0.39 is 48.4 Å². The fraction of sp³-hybridized carbons (Fsp3) is 0.524. The summed E-state index contributed by atoms with van der Waals surface area (Å²) in [4.78, 5) is 38.5. The first-order valence-corrected chi connectivity index (χ1v) is 10.6. The maximum atomic E-state index is 12.6. The van der Waals surface area contributed by atoms with Crippen molar-refractivity contribution in [2.45, 2.75) is 63.8 Å². The zero-order chi connectivity index (χ0) is 24.5. The van der Waals surface area contributed by atoms with Gasteiger partial charge >= 0.3 is 6.09 Å². The molecule has 12 heteroatoms. The number of guanidine groups is 1. The lowest BCUT2D eigenvalue weighted by Crippen LogP contribution is -2.61. The number of ether oxygens (including phenoxy) is 1. The Kier molecular flexibility index (Phi) is 9.43. The van der Waals surface area contributed by atoms with Crippen molar-refractivity contribution >= 4 is 23.9 Å². The lowest BCUT2D eigenvalue weighted by molar-refractivity contribution is -0.132. The second-order valence-corrected chi connectivity index (χ2v) is 7.90. The standard InChI is InChI=1S/C21H32N6O6/c1-12(17(29)25-15-9-6-10-27(19(15)31)20(22)23)24-18(30)16(13(2)28)26-21(32)33-11-14-7-4-3-5-8-14/h3-5,7-8,12-13,15-16,19,28,31H,6,9-11H2,1-2H3,(H3,22,23)(H,24,30)(H,25,29)(H,26,32)/t12-,13+,15-,16+,19?/m0/s1. The SMILES string of the molecule is C[C@H](NC(=O)[C@H](NC(=O)OCc1ccccc1)[C@@H](C)O)C(=O)N[C@H]1CCCN(C(=N)N)C1O. The van der Waals surface area contributed by atoms with Crippen molar-refractivity contribution in [3.8, 4) is 0 Å². The van der Waals surface area contributed by atoms with Gasteiger partial charge in [-0.25, -0.2) is 4.79 Å². The van der Waals surface area contributed by atoms with Gasteiger partial charge in [0.15, 0.2) is 5.96 Å². The van der Waals surface area contributed by atoms with Gasteiger partial charge in [0.2, 0.25) is 11.8 Å². The van der Waals surface area contributed by atoms with Crippen molar-refractivity contribution < 1.29 is 29.3 Å². The number of aliphatic hydroxyl groups is 2. The highest BCUT2D eigenvalue weighted by molar-refractivity contribution is 5.91. The number of nitrogens with two attached hydrogens (primary N) is 1. The van der Waals surface area contributed by atoms with Crippen LogP contribution in [0.4, 0.5) is 4.79 Å². The van der Waals surface area contributed by atoms with E-state index >= 15 is 0 Å². The summed E-state index contributed by atoms with van der Waals surface area (Å²) < 4.78 is 5.07. The first kappa shape index (κ1) is 25.9. The van der Waals surface area contributed by atoms with E-state index in [1.807, 2.05) is 6.07 Å². The highest BCUT2D eigenvalue weighted by Gasteiger charge is 2.34. The third-order valence-electron chi connectivity index (χ3n) is 5.23. The average Bonchev–Trinajstić information content (AvgIpc) is 2.77. The van der Waals surface area contributed by atoms with Gasteiger partial charge in [0, 0.05) is 6.54 Å². The molecule has 1 saturated heterocycles. The summed E-state index contributed by atoms with van der Waals surface area (Å²) in [5, 5.41) is 35.1. The minimum absolute atomic E-state index is 0.0133. The van der Waals surface area contributed by atoms with E-state index in [-0.39, 0.29) is 12.6 Å². The first-order chi connectivity index (χ1) is 15.6. The number of carbonyl (C=O) groups excluding carboxylic acids is 3. The predicted octanol–water partition coefficient (Wildman–Crippen LogP) is -1.04. The maximum absolute atomic E-state index is 12.6. The van der Waals surface area contributed by atoms with Crippen LogP contribution in [-0.4, -0.2) is 76.0 Å². The van der Waals surface area contributed by atoms with Gasteiger partial charge in [-0.2, -0.15) is 0 Å². The molecule has 0 bridgehead atoms. The molecular weight excluding hydrogens is 432 g/mol. The van der Waals surface area contributed by atoms with E-state index in [0.29, 0.717) is 19.4 Å². The van der Waals surface area contributed by atoms with Crippen molar-refractivity contribution in [1.82, 2.24) is 20.9 Å². The number of likely N-dealkylation sites (tertiary alicyclic amines) is 1. The van der Waals surface area contributed by atoms with Crippen LogP contribution in [0.25, 0.3) is 0 Å². The molecular formula is C21H32N6O6. The van der Waals surface area contributed by atoms with Crippen molar-refractivity contribution in [3.05, 3.63) is 35.9 Å². The van der Waals surface area contributed by atoms with Crippen LogP contribution < -0.4 is 21.7 Å². The van der Waals surface area contributed by atoms with Gasteiger partial charge in [0.1, 0.15) is 24.9 Å². The molecule has 1 aliphatic heterocycles. The molecule has 3 amide bonds. The van der Waals surface area contributed by atoms with Crippen LogP contribution >= 0.6 is 0 Å². The highest BCUT2D eigenvalue weighted by atomic mass is 16.5. The molecule has 1 aromatic carbocycles. The minimum atomic E-state index is -1.35. The molecule has 5 atom stereocenters. The van der Waals surface area contributed by atoms with Crippen molar-refractivity contribution in [3.63, 3.8) is 0 Å². The van der Waals surface area contributed by atoms with Crippen molar-refractivity contribution in [2.75, 3.05) is 6.54 Å². The van der Waals surface area contributed by atoms with Crippen LogP contribution in [-0.2, 0) is 20.9 Å². The summed E-state index contributed by atoms with van der Waals surface area (Å²) in [6, 6.07) is 5.89. The molecule has 1 fully saturated rings. The molecule has 1 unspecified atom stereocenters. The number of carbonyl (C=O) groups is 3. The summed E-state index contributed by atoms with van der Waals surface area (Å²) in [5.74, 6) is -1.65. The monoisotopic (exact) mass is 464 g/mol. The molecule has 0 aromatic heterocycles. The summed E-state index contributed by atoms with van der Waals surface area (Å²) in [6.07, 6.45) is -2.22. The number of amides is 3. The van der Waals surface area contributed by atoms with Crippen molar-refractivity contribution in [2.24, 2.45) is 5.73 Å². The van der Waals surface area contributed by atoms with Crippen LogP contribution in [0.2, 0.25) is 0 Å². The van der Waals surface area contributed by atoms with Gasteiger partial charge in [-0.3, -0.25) is 15.0 Å². The number of benzene rings is 1. The lowest BCUT2D eigenvalue weighted by atomic mass is 10.0. The second kappa shape index (κ2) is 12.0. The molecule has 0 radical (unpaired) electrons. The number of hydrogen-bond donors (Lipinski definition) is 7. The Labute approximate surface area is 192 Å². The van der Waals surface area contributed by atoms with Gasteiger partial charge in [-0.05, 0) is 32.3 Å². The van der Waals surface area contributed by atoms with Crippen LogP contribution in [0.3, 0.4) is 0 Å². The predicted molar refractivity (Wildman–Crippen MR) is 119 cm³/mol. The van der Waals surface area contributed by atoms with Crippen LogP contribution in [0.15, 0.2) is 30.3 Å². The molecule has 1 heterocycles. The third kappa shape index (κ3) is 7.61. The second-order valence-electron chi connectivity index (χ2n) is 7.90. The van der Waals surface area contributed by atoms with E-state index in [2.05, 4.69) is 16.0 Å². The number of nitrogens with zero attached hydrogens (tertiary/aromatic N) is 1. The number of aliphatic hydroxyl groups excluding tert-OH is 2. The molecule has 2 rings (SSSR count). The lowest BCUT2D eigenvalue weighted by Gasteiger charge is -2.38. The first-order valence-electron chi connectivity index (χ1n) is 10.6. The molecule has 1 aliphatic rings. The number of rotatable bonds is 8. The maximum Gasteiger partial charge on any atom is 0.408 e. The Balaban J connectivity index is 1.88. The number of nitrogens with one attached hydrogen (secondary N) is 4. The van der Waals surface area contributed by atoms with Gasteiger partial charge < -0.3 is 41.5 Å². The smallest absolute Gasteiger partial charge is 0.408 e. The van der Waals surface area contributed by atoms with Crippen LogP contribution in [0.1, 0.15) is 32.3 Å². The van der Waals surface area contributed by atoms with Crippen molar-refractivity contribution in [1.29, 1.82) is 5.41 Å². The van der Waals surface area contributed by atoms with Gasteiger partial charge in [0.05, 0.1) is 12.1 Å². The quantitative estimate of drug-likeness (QED) is 0.187. The number of piperidine rings is 1. The minimum Gasteiger partial charge on any atom is -0.445 e. The Bertz CT molecular complexity index is 836. The highest BCUT2D eigenvalue weighted by Crippen LogP contribution is 2.15. The number of alkyl carbamates (subject to hydrolysis) is 1. The van der Waals surface area contributed by atoms with E-state index in [4.69, 9.17) is 15.9 Å². The van der Waals surface area contributed by atoms with Gasteiger partial charge in [-0.1, -0.05) is 30.3 Å². The van der Waals surface area contributed by atoms with E-state index in [9.17, 15) is 24.6 Å². The molecule has 182 valence electrons. The van der Waals surface area contributed by atoms with Crippen LogP contribution in [0, 0.1) is 5.41 Å². The molecule has 8 N–H and O–H groups in total. The average molecular weight is 465 g/mol. The molecule has 0 saturated carbocycles. The summed E-state index contributed by atoms with van der Waals surface area (Å²) in [7, 11) is 0. The molecule has 0 spiro atoms. The van der Waals surface area contributed by atoms with Gasteiger partial charge in [-0.15, -0.1) is 0 Å². The zero-order valence-electron chi connectivity index (χ0n) is 18.7. The third-order valence-corrected chi connectivity index (χ3v) is 5.23. The molecule has 12 nitrogen and oxygen atoms in total. The van der Waals surface area contributed by atoms with E-state index in [1.54, 1.807) is 24.3 Å². The van der Waals surface area contributed by atoms with E-state index in [1.165, 1.54) is 18.7 Å². The summed E-state index contributed by atoms with van der Waals surface area (Å²) in [6.45, 7) is 3.14. The fourth-order valence-corrected chi connectivity index (χ4v) is 3.36. The van der Waals surface area contributed by atoms with Crippen LogP contribution in [0.5, 0.6) is 0 Å².